The summed E-state index contributed by atoms with van der Waals surface area (Å²) in [6, 6.07) is 9.83. The van der Waals surface area contributed by atoms with Crippen LogP contribution >= 0.6 is 11.3 Å². The first kappa shape index (κ1) is 16.9. The Hall–Kier alpha value is -1.92. The molecule has 2 atom stereocenters. The van der Waals surface area contributed by atoms with Gasteiger partial charge in [0.1, 0.15) is 5.01 Å². The van der Waals surface area contributed by atoms with Gasteiger partial charge >= 0.3 is 6.03 Å². The van der Waals surface area contributed by atoms with Crippen LogP contribution in [-0.4, -0.2) is 40.7 Å². The van der Waals surface area contributed by atoms with Crippen LogP contribution in [0.25, 0.3) is 11.3 Å². The third-order valence-electron chi connectivity index (χ3n) is 4.37. The van der Waals surface area contributed by atoms with Gasteiger partial charge < -0.3 is 15.3 Å². The number of rotatable bonds is 4. The van der Waals surface area contributed by atoms with Gasteiger partial charge in [0.2, 0.25) is 0 Å². The minimum atomic E-state index is -0.130. The second kappa shape index (κ2) is 7.77. The van der Waals surface area contributed by atoms with Gasteiger partial charge in [-0.2, -0.15) is 0 Å². The highest BCUT2D eigenvalue weighted by atomic mass is 32.1. The van der Waals surface area contributed by atoms with Crippen molar-refractivity contribution in [3.8, 4) is 11.3 Å². The van der Waals surface area contributed by atoms with Crippen molar-refractivity contribution < 1.29 is 9.90 Å². The standard InChI is InChI=1S/C18H23N3O2S/c1-13(19-18(23)21-9-5-6-14(10-21)11-22)17-20-16(12-24-17)15-7-3-2-4-8-15/h2-4,7-8,12-14,22H,5-6,9-11H2,1H3,(H,19,23)/t13-,14-/m0/s1. The molecular formula is C18H23N3O2S. The van der Waals surface area contributed by atoms with Crippen LogP contribution in [0.4, 0.5) is 4.79 Å². The van der Waals surface area contributed by atoms with Crippen molar-refractivity contribution in [1.82, 2.24) is 15.2 Å². The molecule has 3 rings (SSSR count). The lowest BCUT2D eigenvalue weighted by Gasteiger charge is -2.32. The number of aliphatic hydroxyl groups is 1. The maximum atomic E-state index is 12.4. The van der Waals surface area contributed by atoms with Gasteiger partial charge in [0, 0.05) is 30.6 Å². The molecule has 2 amide bonds. The molecule has 0 spiro atoms. The number of amides is 2. The summed E-state index contributed by atoms with van der Waals surface area (Å²) in [7, 11) is 0. The van der Waals surface area contributed by atoms with Crippen LogP contribution < -0.4 is 5.32 Å². The van der Waals surface area contributed by atoms with E-state index in [9.17, 15) is 9.90 Å². The number of nitrogens with one attached hydrogen (secondary N) is 1. The van der Waals surface area contributed by atoms with Crippen molar-refractivity contribution in [3.63, 3.8) is 0 Å². The third kappa shape index (κ3) is 3.94. The number of hydrogen-bond donors (Lipinski definition) is 2. The monoisotopic (exact) mass is 345 g/mol. The second-order valence-corrected chi connectivity index (χ2v) is 7.13. The number of benzene rings is 1. The predicted molar refractivity (Wildman–Crippen MR) is 95.9 cm³/mol. The van der Waals surface area contributed by atoms with E-state index in [0.29, 0.717) is 6.54 Å². The Kier molecular flexibility index (Phi) is 5.48. The van der Waals surface area contributed by atoms with Crippen LogP contribution in [0.2, 0.25) is 0 Å². The van der Waals surface area contributed by atoms with E-state index in [0.717, 1.165) is 35.7 Å². The quantitative estimate of drug-likeness (QED) is 0.894. The molecule has 1 aliphatic rings. The van der Waals surface area contributed by atoms with E-state index >= 15 is 0 Å². The van der Waals surface area contributed by atoms with Crippen LogP contribution in [-0.2, 0) is 0 Å². The summed E-state index contributed by atoms with van der Waals surface area (Å²) in [6.45, 7) is 3.48. The Balaban J connectivity index is 1.61. The minimum Gasteiger partial charge on any atom is -0.396 e. The first-order valence-electron chi connectivity index (χ1n) is 8.34. The lowest BCUT2D eigenvalue weighted by Crippen LogP contribution is -2.46. The molecule has 1 saturated heterocycles. The zero-order valence-electron chi connectivity index (χ0n) is 13.8. The maximum Gasteiger partial charge on any atom is 0.317 e. The predicted octanol–water partition coefficient (Wildman–Crippen LogP) is 3.29. The van der Waals surface area contributed by atoms with Crippen molar-refractivity contribution >= 4 is 17.4 Å². The summed E-state index contributed by atoms with van der Waals surface area (Å²) in [6.07, 6.45) is 1.94. The molecule has 24 heavy (non-hydrogen) atoms. The molecule has 2 aromatic rings. The number of nitrogens with zero attached hydrogens (tertiary/aromatic N) is 2. The molecule has 5 nitrogen and oxygen atoms in total. The summed E-state index contributed by atoms with van der Waals surface area (Å²) >= 11 is 1.56. The number of aromatic nitrogens is 1. The van der Waals surface area contributed by atoms with Crippen molar-refractivity contribution in [2.75, 3.05) is 19.7 Å². The van der Waals surface area contributed by atoms with E-state index < -0.39 is 0 Å². The highest BCUT2D eigenvalue weighted by Crippen LogP contribution is 2.25. The average molecular weight is 345 g/mol. The number of thiazole rings is 1. The van der Waals surface area contributed by atoms with Gasteiger partial charge in [-0.1, -0.05) is 30.3 Å². The molecular weight excluding hydrogens is 322 g/mol. The lowest BCUT2D eigenvalue weighted by molar-refractivity contribution is 0.128. The Morgan fingerprint density at radius 1 is 1.46 bits per heavy atom. The zero-order chi connectivity index (χ0) is 16.9. The van der Waals surface area contributed by atoms with Crippen molar-refractivity contribution in [2.45, 2.75) is 25.8 Å². The number of carbonyl (C=O) groups is 1. The molecule has 1 fully saturated rings. The van der Waals surface area contributed by atoms with Gasteiger partial charge in [0.05, 0.1) is 11.7 Å². The SMILES string of the molecule is C[C@H](NC(=O)N1CCC[C@H](CO)C1)c1nc(-c2ccccc2)cs1. The summed E-state index contributed by atoms with van der Waals surface area (Å²) in [4.78, 5) is 18.9. The Labute approximate surface area is 146 Å². The molecule has 1 aromatic heterocycles. The van der Waals surface area contributed by atoms with Gasteiger partial charge in [-0.3, -0.25) is 0 Å². The third-order valence-corrected chi connectivity index (χ3v) is 5.39. The zero-order valence-corrected chi connectivity index (χ0v) is 14.6. The number of piperidine rings is 1. The molecule has 1 aliphatic heterocycles. The van der Waals surface area contributed by atoms with Crippen LogP contribution in [0.5, 0.6) is 0 Å². The van der Waals surface area contributed by atoms with E-state index in [2.05, 4.69) is 10.3 Å². The second-order valence-electron chi connectivity index (χ2n) is 6.25. The number of urea groups is 1. The van der Waals surface area contributed by atoms with Gasteiger partial charge in [-0.25, -0.2) is 9.78 Å². The van der Waals surface area contributed by atoms with Gasteiger partial charge in [-0.05, 0) is 25.7 Å². The number of likely N-dealkylation sites (tertiary alicyclic amines) is 1. The molecule has 0 bridgehead atoms. The molecule has 0 unspecified atom stereocenters. The fourth-order valence-electron chi connectivity index (χ4n) is 2.96. The van der Waals surface area contributed by atoms with Crippen molar-refractivity contribution in [1.29, 1.82) is 0 Å². The minimum absolute atomic E-state index is 0.0721. The van der Waals surface area contributed by atoms with Crippen LogP contribution in [0.15, 0.2) is 35.7 Å². The number of carbonyl (C=O) groups excluding carboxylic acids is 1. The van der Waals surface area contributed by atoms with E-state index in [4.69, 9.17) is 0 Å². The summed E-state index contributed by atoms with van der Waals surface area (Å²) in [5.74, 6) is 0.198. The normalized spacial score (nSPS) is 19.1. The maximum absolute atomic E-state index is 12.4. The van der Waals surface area contributed by atoms with E-state index in [1.165, 1.54) is 0 Å². The first-order valence-corrected chi connectivity index (χ1v) is 9.22. The highest BCUT2D eigenvalue weighted by molar-refractivity contribution is 7.10. The van der Waals surface area contributed by atoms with Crippen molar-refractivity contribution in [2.24, 2.45) is 5.92 Å². The molecule has 2 heterocycles. The number of aliphatic hydroxyl groups excluding tert-OH is 1. The fraction of sp³-hybridized carbons (Fsp3) is 0.444. The van der Waals surface area contributed by atoms with Crippen molar-refractivity contribution in [3.05, 3.63) is 40.7 Å². The smallest absolute Gasteiger partial charge is 0.317 e. The van der Waals surface area contributed by atoms with E-state index in [1.807, 2.05) is 42.6 Å². The average Bonchev–Trinajstić information content (AvgIpc) is 3.13. The Morgan fingerprint density at radius 3 is 3.00 bits per heavy atom. The largest absolute Gasteiger partial charge is 0.396 e. The molecule has 128 valence electrons. The van der Waals surface area contributed by atoms with Crippen LogP contribution in [0.3, 0.4) is 0 Å². The van der Waals surface area contributed by atoms with Gasteiger partial charge in [0.25, 0.3) is 0 Å². The summed E-state index contributed by atoms with van der Waals surface area (Å²) in [5, 5.41) is 15.2. The van der Waals surface area contributed by atoms with Crippen LogP contribution in [0, 0.1) is 5.92 Å². The molecule has 2 N–H and O–H groups in total. The molecule has 0 aliphatic carbocycles. The highest BCUT2D eigenvalue weighted by Gasteiger charge is 2.24. The van der Waals surface area contributed by atoms with E-state index in [-0.39, 0.29) is 24.6 Å². The number of hydrogen-bond acceptors (Lipinski definition) is 4. The van der Waals surface area contributed by atoms with Gasteiger partial charge in [0.15, 0.2) is 0 Å². The molecule has 0 saturated carbocycles. The van der Waals surface area contributed by atoms with E-state index in [1.54, 1.807) is 16.2 Å². The summed E-state index contributed by atoms with van der Waals surface area (Å²) < 4.78 is 0. The first-order chi connectivity index (χ1) is 11.7. The Morgan fingerprint density at radius 2 is 2.25 bits per heavy atom. The molecule has 0 radical (unpaired) electrons. The lowest BCUT2D eigenvalue weighted by atomic mass is 9.99. The van der Waals surface area contributed by atoms with Gasteiger partial charge in [-0.15, -0.1) is 11.3 Å². The molecule has 6 heteroatoms. The fourth-order valence-corrected chi connectivity index (χ4v) is 3.80. The Bertz CT molecular complexity index is 674. The topological polar surface area (TPSA) is 65.5 Å². The summed E-state index contributed by atoms with van der Waals surface area (Å²) in [5.41, 5.74) is 2.02. The molecule has 1 aromatic carbocycles. The van der Waals surface area contributed by atoms with Crippen LogP contribution in [0.1, 0.15) is 30.8 Å².